The number of aromatic nitrogens is 2. The van der Waals surface area contributed by atoms with Gasteiger partial charge in [0.25, 0.3) is 5.91 Å². The Morgan fingerprint density at radius 1 is 1.06 bits per heavy atom. The van der Waals surface area contributed by atoms with Gasteiger partial charge < -0.3 is 26.6 Å². The number of nitrogens with two attached hydrogens (primary N) is 1. The van der Waals surface area contributed by atoms with Crippen molar-refractivity contribution >= 4 is 34.8 Å². The second-order valence-electron chi connectivity index (χ2n) is 8.71. The van der Waals surface area contributed by atoms with Crippen LogP contribution in [0.15, 0.2) is 42.7 Å². The van der Waals surface area contributed by atoms with E-state index in [1.54, 1.807) is 29.3 Å². The van der Waals surface area contributed by atoms with Gasteiger partial charge in [0, 0.05) is 43.9 Å². The number of pyridine rings is 2. The number of fused-ring (bicyclic) bond motifs is 1. The second-order valence-corrected chi connectivity index (χ2v) is 8.71. The van der Waals surface area contributed by atoms with Gasteiger partial charge in [-0.25, -0.2) is 18.7 Å². The lowest BCUT2D eigenvalue weighted by atomic mass is 10.1. The van der Waals surface area contributed by atoms with E-state index in [4.69, 9.17) is 5.73 Å². The molecule has 1 aliphatic heterocycles. The van der Waals surface area contributed by atoms with Crippen molar-refractivity contribution in [3.05, 3.63) is 71.1 Å². The molecule has 186 valence electrons. The Kier molecular flexibility index (Phi) is 6.47. The molecule has 0 saturated carbocycles. The lowest BCUT2D eigenvalue weighted by Crippen LogP contribution is -2.32. The highest BCUT2D eigenvalue weighted by Crippen LogP contribution is 2.38. The van der Waals surface area contributed by atoms with Crippen LogP contribution >= 0.6 is 0 Å². The molecule has 36 heavy (non-hydrogen) atoms. The Balaban J connectivity index is 1.37. The van der Waals surface area contributed by atoms with Crippen LogP contribution in [-0.4, -0.2) is 41.4 Å². The summed E-state index contributed by atoms with van der Waals surface area (Å²) in [4.78, 5) is 34.7. The van der Waals surface area contributed by atoms with Crippen molar-refractivity contribution in [3.8, 4) is 0 Å². The van der Waals surface area contributed by atoms with Crippen molar-refractivity contribution in [2.24, 2.45) is 5.73 Å². The van der Waals surface area contributed by atoms with Gasteiger partial charge in [0.1, 0.15) is 23.3 Å². The molecule has 2 aromatic heterocycles. The van der Waals surface area contributed by atoms with E-state index in [1.807, 2.05) is 0 Å². The fraction of sp³-hybridized carbons (Fsp3) is 0.280. The van der Waals surface area contributed by atoms with Crippen LogP contribution in [0.5, 0.6) is 0 Å². The largest absolute Gasteiger partial charge is 0.377 e. The number of amides is 2. The predicted molar refractivity (Wildman–Crippen MR) is 131 cm³/mol. The predicted octanol–water partition coefficient (Wildman–Crippen LogP) is 3.02. The first kappa shape index (κ1) is 23.6. The molecule has 1 saturated heterocycles. The smallest absolute Gasteiger partial charge is 0.252 e. The van der Waals surface area contributed by atoms with E-state index >= 15 is 0 Å². The van der Waals surface area contributed by atoms with Crippen LogP contribution in [-0.2, 0) is 11.2 Å². The minimum atomic E-state index is -0.700. The highest BCUT2D eigenvalue weighted by molar-refractivity contribution is 5.98. The third kappa shape index (κ3) is 4.69. The molecule has 0 bridgehead atoms. The van der Waals surface area contributed by atoms with Gasteiger partial charge in [0.05, 0.1) is 29.2 Å². The normalized spacial score (nSPS) is 17.4. The molecule has 3 heterocycles. The zero-order valence-electron chi connectivity index (χ0n) is 19.4. The maximum atomic E-state index is 14.5. The van der Waals surface area contributed by atoms with Gasteiger partial charge in [0.2, 0.25) is 5.91 Å². The monoisotopic (exact) mass is 493 g/mol. The molecular formula is C25H25F2N7O2. The summed E-state index contributed by atoms with van der Waals surface area (Å²) in [7, 11) is 0. The van der Waals surface area contributed by atoms with Crippen molar-refractivity contribution in [2.45, 2.75) is 25.3 Å². The third-order valence-corrected chi connectivity index (χ3v) is 6.42. The van der Waals surface area contributed by atoms with Crippen molar-refractivity contribution in [1.29, 1.82) is 0 Å². The number of hydrogen-bond donors (Lipinski definition) is 4. The highest BCUT2D eigenvalue weighted by atomic mass is 19.1. The number of nitrogens with zero attached hydrogens (tertiary/aromatic N) is 3. The molecule has 5 N–H and O–H groups in total. The number of halogens is 2. The molecule has 11 heteroatoms. The summed E-state index contributed by atoms with van der Waals surface area (Å²) in [5, 5.41) is 9.41. The van der Waals surface area contributed by atoms with Gasteiger partial charge in [-0.15, -0.1) is 0 Å². The zero-order chi connectivity index (χ0) is 25.2. The number of anilines is 4. The number of carbonyl (C=O) groups is 2. The van der Waals surface area contributed by atoms with Crippen molar-refractivity contribution in [3.63, 3.8) is 0 Å². The van der Waals surface area contributed by atoms with Gasteiger partial charge in [-0.2, -0.15) is 0 Å². The highest BCUT2D eigenvalue weighted by Gasteiger charge is 2.29. The lowest BCUT2D eigenvalue weighted by Gasteiger charge is -2.20. The molecule has 9 nitrogen and oxygen atoms in total. The van der Waals surface area contributed by atoms with Crippen LogP contribution in [0.1, 0.15) is 40.4 Å². The van der Waals surface area contributed by atoms with E-state index in [9.17, 15) is 18.4 Å². The molecule has 3 aromatic rings. The molecule has 1 aliphatic carbocycles. The standard InChI is InChI=1S/C25H25F2N7O2/c26-17-3-4-18(27)24-15(17)2-5-19(24)32-20-11-22(31-13-16(20)25(28)36)33-21-6-1-14(12-30-21)34-10-9-29-8-7-23(34)35/h1,3-4,6,11-13,19,29H,2,5,7-10H2,(H2,28,36)(H2,30,31,32,33). The number of hydrogen-bond acceptors (Lipinski definition) is 7. The fourth-order valence-corrected chi connectivity index (χ4v) is 4.64. The molecule has 1 unspecified atom stereocenters. The van der Waals surface area contributed by atoms with Gasteiger partial charge in [-0.3, -0.25) is 9.59 Å². The van der Waals surface area contributed by atoms with Crippen molar-refractivity contribution in [1.82, 2.24) is 15.3 Å². The van der Waals surface area contributed by atoms with Gasteiger partial charge >= 0.3 is 0 Å². The average Bonchev–Trinajstić information content (AvgIpc) is 3.17. The van der Waals surface area contributed by atoms with E-state index in [-0.39, 0.29) is 17.0 Å². The number of rotatable bonds is 6. The summed E-state index contributed by atoms with van der Waals surface area (Å²) in [6.45, 7) is 1.92. The van der Waals surface area contributed by atoms with Gasteiger partial charge in [-0.1, -0.05) is 0 Å². The quantitative estimate of drug-likeness (QED) is 0.416. The van der Waals surface area contributed by atoms with Crippen LogP contribution < -0.4 is 26.6 Å². The van der Waals surface area contributed by atoms with E-state index in [2.05, 4.69) is 25.9 Å². The average molecular weight is 494 g/mol. The van der Waals surface area contributed by atoms with E-state index in [0.29, 0.717) is 67.5 Å². The van der Waals surface area contributed by atoms with Crippen LogP contribution in [0.2, 0.25) is 0 Å². The topological polar surface area (TPSA) is 125 Å². The van der Waals surface area contributed by atoms with Crippen LogP contribution in [0.3, 0.4) is 0 Å². The lowest BCUT2D eigenvalue weighted by molar-refractivity contribution is -0.118. The molecule has 1 atom stereocenters. The van der Waals surface area contributed by atoms with Crippen LogP contribution in [0, 0.1) is 11.6 Å². The summed E-state index contributed by atoms with van der Waals surface area (Å²) < 4.78 is 28.7. The maximum absolute atomic E-state index is 14.5. The van der Waals surface area contributed by atoms with E-state index in [1.165, 1.54) is 6.20 Å². The van der Waals surface area contributed by atoms with Crippen LogP contribution in [0.4, 0.5) is 31.8 Å². The molecule has 0 radical (unpaired) electrons. The molecule has 1 aromatic carbocycles. The van der Waals surface area contributed by atoms with E-state index < -0.39 is 23.6 Å². The zero-order valence-corrected chi connectivity index (χ0v) is 19.4. The molecule has 1 fully saturated rings. The molecule has 5 rings (SSSR count). The van der Waals surface area contributed by atoms with E-state index in [0.717, 1.165) is 12.1 Å². The fourth-order valence-electron chi connectivity index (χ4n) is 4.64. The first-order chi connectivity index (χ1) is 17.4. The van der Waals surface area contributed by atoms with Gasteiger partial charge in [-0.05, 0) is 42.7 Å². The Labute approximate surface area is 206 Å². The van der Waals surface area contributed by atoms with Gasteiger partial charge in [0.15, 0.2) is 0 Å². The molecule has 0 spiro atoms. The Hall–Kier alpha value is -4.12. The first-order valence-corrected chi connectivity index (χ1v) is 11.7. The van der Waals surface area contributed by atoms with Crippen LogP contribution in [0.25, 0.3) is 0 Å². The third-order valence-electron chi connectivity index (χ3n) is 6.42. The first-order valence-electron chi connectivity index (χ1n) is 11.7. The molecular weight excluding hydrogens is 468 g/mol. The minimum Gasteiger partial charge on any atom is -0.377 e. The maximum Gasteiger partial charge on any atom is 0.252 e. The number of primary amides is 1. The Morgan fingerprint density at radius 2 is 1.86 bits per heavy atom. The minimum absolute atomic E-state index is 0.0340. The number of benzene rings is 1. The second kappa shape index (κ2) is 9.86. The molecule has 2 aliphatic rings. The summed E-state index contributed by atoms with van der Waals surface area (Å²) >= 11 is 0. The number of nitrogens with one attached hydrogen (secondary N) is 3. The summed E-state index contributed by atoms with van der Waals surface area (Å²) in [5.41, 5.74) is 7.29. The van der Waals surface area contributed by atoms with Crippen molar-refractivity contribution < 1.29 is 18.4 Å². The summed E-state index contributed by atoms with van der Waals surface area (Å²) in [6, 6.07) is 6.80. The SMILES string of the molecule is NC(=O)c1cnc(Nc2ccc(N3CCNCCC3=O)cn2)cc1NC1CCc2c(F)ccc(F)c21. The summed E-state index contributed by atoms with van der Waals surface area (Å²) in [5.74, 6) is -0.771. The van der Waals surface area contributed by atoms with Crippen molar-refractivity contribution in [2.75, 3.05) is 35.2 Å². The summed E-state index contributed by atoms with van der Waals surface area (Å²) in [6.07, 6.45) is 4.19. The Bertz CT molecular complexity index is 1320. The Morgan fingerprint density at radius 3 is 2.64 bits per heavy atom. The molecule has 2 amide bonds. The number of carbonyl (C=O) groups excluding carboxylic acids is 2.